The SMILES string of the molecule is CCOC(=O)c1ccc(N2CCN(Cc3ccc(C(=O)OC)o3)CC2)nc1. The van der Waals surface area contributed by atoms with Gasteiger partial charge < -0.3 is 18.8 Å². The van der Waals surface area contributed by atoms with Crippen LogP contribution in [-0.4, -0.2) is 61.7 Å². The third-order valence-electron chi connectivity index (χ3n) is 4.38. The monoisotopic (exact) mass is 373 g/mol. The van der Waals surface area contributed by atoms with Crippen LogP contribution in [0.1, 0.15) is 33.6 Å². The zero-order valence-electron chi connectivity index (χ0n) is 15.5. The molecule has 0 bridgehead atoms. The van der Waals surface area contributed by atoms with Crippen LogP contribution in [0, 0.1) is 0 Å². The summed E-state index contributed by atoms with van der Waals surface area (Å²) in [6.07, 6.45) is 1.55. The van der Waals surface area contributed by atoms with Crippen LogP contribution < -0.4 is 4.90 Å². The van der Waals surface area contributed by atoms with Crippen molar-refractivity contribution >= 4 is 17.8 Å². The highest BCUT2D eigenvalue weighted by Gasteiger charge is 2.20. The second kappa shape index (κ2) is 8.68. The molecule has 3 rings (SSSR count). The summed E-state index contributed by atoms with van der Waals surface area (Å²) in [7, 11) is 1.33. The van der Waals surface area contributed by atoms with Gasteiger partial charge in [0.2, 0.25) is 5.76 Å². The van der Waals surface area contributed by atoms with E-state index in [4.69, 9.17) is 9.15 Å². The molecule has 144 valence electrons. The van der Waals surface area contributed by atoms with Gasteiger partial charge in [0, 0.05) is 32.4 Å². The molecule has 8 heteroatoms. The third kappa shape index (κ3) is 4.65. The fraction of sp³-hybridized carbons (Fsp3) is 0.421. The average molecular weight is 373 g/mol. The number of methoxy groups -OCH3 is 1. The summed E-state index contributed by atoms with van der Waals surface area (Å²) in [6, 6.07) is 7.02. The maximum absolute atomic E-state index is 11.7. The molecule has 27 heavy (non-hydrogen) atoms. The molecule has 0 radical (unpaired) electrons. The van der Waals surface area contributed by atoms with Crippen molar-refractivity contribution in [1.82, 2.24) is 9.88 Å². The standard InChI is InChI=1S/C19H23N3O5/c1-3-26-18(23)14-4-7-17(20-12-14)22-10-8-21(9-11-22)13-15-5-6-16(27-15)19(24)25-2/h4-7,12H,3,8-11,13H2,1-2H3. The normalized spacial score (nSPS) is 14.8. The van der Waals surface area contributed by atoms with E-state index in [1.807, 2.05) is 6.07 Å². The summed E-state index contributed by atoms with van der Waals surface area (Å²) in [5.41, 5.74) is 0.457. The maximum atomic E-state index is 11.7. The number of piperazine rings is 1. The number of rotatable bonds is 6. The van der Waals surface area contributed by atoms with Crippen molar-refractivity contribution in [1.29, 1.82) is 0 Å². The summed E-state index contributed by atoms with van der Waals surface area (Å²) in [5.74, 6) is 0.973. The van der Waals surface area contributed by atoms with Crippen molar-refractivity contribution in [2.75, 3.05) is 44.8 Å². The first-order valence-electron chi connectivity index (χ1n) is 8.88. The Labute approximate surface area is 157 Å². The van der Waals surface area contributed by atoms with Crippen LogP contribution in [0.5, 0.6) is 0 Å². The smallest absolute Gasteiger partial charge is 0.373 e. The minimum absolute atomic E-state index is 0.219. The molecule has 1 aliphatic heterocycles. The van der Waals surface area contributed by atoms with E-state index in [1.165, 1.54) is 7.11 Å². The zero-order valence-corrected chi connectivity index (χ0v) is 15.5. The van der Waals surface area contributed by atoms with Gasteiger partial charge in [0.15, 0.2) is 0 Å². The highest BCUT2D eigenvalue weighted by atomic mass is 16.5. The lowest BCUT2D eigenvalue weighted by Gasteiger charge is -2.34. The van der Waals surface area contributed by atoms with Gasteiger partial charge in [-0.05, 0) is 31.2 Å². The van der Waals surface area contributed by atoms with Crippen LogP contribution in [-0.2, 0) is 16.0 Å². The first-order chi connectivity index (χ1) is 13.1. The van der Waals surface area contributed by atoms with Crippen molar-refractivity contribution < 1.29 is 23.5 Å². The van der Waals surface area contributed by atoms with Crippen LogP contribution in [0.3, 0.4) is 0 Å². The second-order valence-electron chi connectivity index (χ2n) is 6.15. The van der Waals surface area contributed by atoms with E-state index >= 15 is 0 Å². The molecular weight excluding hydrogens is 350 g/mol. The molecule has 2 aromatic heterocycles. The van der Waals surface area contributed by atoms with Crippen molar-refractivity contribution in [3.8, 4) is 0 Å². The quantitative estimate of drug-likeness (QED) is 0.711. The number of aromatic nitrogens is 1. The Morgan fingerprint density at radius 3 is 2.52 bits per heavy atom. The predicted octanol–water partition coefficient (Wildman–Crippen LogP) is 1.96. The van der Waals surface area contributed by atoms with Gasteiger partial charge in [-0.15, -0.1) is 0 Å². The van der Waals surface area contributed by atoms with Crippen LogP contribution in [0.4, 0.5) is 5.82 Å². The van der Waals surface area contributed by atoms with E-state index in [0.29, 0.717) is 18.7 Å². The van der Waals surface area contributed by atoms with Crippen LogP contribution in [0.25, 0.3) is 0 Å². The number of anilines is 1. The maximum Gasteiger partial charge on any atom is 0.373 e. The van der Waals surface area contributed by atoms with Gasteiger partial charge in [-0.1, -0.05) is 0 Å². The zero-order chi connectivity index (χ0) is 19.2. The largest absolute Gasteiger partial charge is 0.463 e. The van der Waals surface area contributed by atoms with E-state index in [0.717, 1.165) is 37.8 Å². The molecule has 0 aliphatic carbocycles. The number of pyridine rings is 1. The Morgan fingerprint density at radius 2 is 1.89 bits per heavy atom. The molecule has 0 saturated carbocycles. The van der Waals surface area contributed by atoms with Gasteiger partial charge >= 0.3 is 11.9 Å². The summed E-state index contributed by atoms with van der Waals surface area (Å²) in [6.45, 7) is 6.08. The molecular formula is C19H23N3O5. The predicted molar refractivity (Wildman–Crippen MR) is 97.7 cm³/mol. The molecule has 8 nitrogen and oxygen atoms in total. The van der Waals surface area contributed by atoms with Crippen LogP contribution in [0.2, 0.25) is 0 Å². The van der Waals surface area contributed by atoms with Crippen LogP contribution in [0.15, 0.2) is 34.9 Å². The van der Waals surface area contributed by atoms with E-state index in [-0.39, 0.29) is 11.7 Å². The van der Waals surface area contributed by atoms with Crippen molar-refractivity contribution in [3.05, 3.63) is 47.5 Å². The molecule has 0 unspecified atom stereocenters. The Morgan fingerprint density at radius 1 is 1.11 bits per heavy atom. The fourth-order valence-corrected chi connectivity index (χ4v) is 2.94. The number of esters is 2. The Kier molecular flexibility index (Phi) is 6.08. The molecule has 1 aliphatic rings. The second-order valence-corrected chi connectivity index (χ2v) is 6.15. The Hall–Kier alpha value is -2.87. The van der Waals surface area contributed by atoms with Crippen molar-refractivity contribution in [2.45, 2.75) is 13.5 Å². The molecule has 1 saturated heterocycles. The molecule has 1 fully saturated rings. The molecule has 0 amide bonds. The van der Waals surface area contributed by atoms with Crippen LogP contribution >= 0.6 is 0 Å². The van der Waals surface area contributed by atoms with Gasteiger partial charge in [-0.2, -0.15) is 0 Å². The van der Waals surface area contributed by atoms with E-state index < -0.39 is 5.97 Å². The number of hydrogen-bond donors (Lipinski definition) is 0. The van der Waals surface area contributed by atoms with E-state index in [1.54, 1.807) is 31.3 Å². The minimum atomic E-state index is -0.469. The number of furan rings is 1. The molecule has 0 atom stereocenters. The summed E-state index contributed by atoms with van der Waals surface area (Å²) < 4.78 is 15.1. The van der Waals surface area contributed by atoms with Gasteiger partial charge in [0.05, 0.1) is 25.8 Å². The number of nitrogens with zero attached hydrogens (tertiary/aromatic N) is 3. The highest BCUT2D eigenvalue weighted by molar-refractivity contribution is 5.89. The fourth-order valence-electron chi connectivity index (χ4n) is 2.94. The van der Waals surface area contributed by atoms with E-state index in [9.17, 15) is 9.59 Å². The summed E-state index contributed by atoms with van der Waals surface area (Å²) in [4.78, 5) is 32.0. The summed E-state index contributed by atoms with van der Waals surface area (Å²) in [5, 5.41) is 0. The average Bonchev–Trinajstić information content (AvgIpc) is 3.17. The van der Waals surface area contributed by atoms with Gasteiger partial charge in [-0.25, -0.2) is 14.6 Å². The van der Waals surface area contributed by atoms with Gasteiger partial charge in [0.25, 0.3) is 0 Å². The van der Waals surface area contributed by atoms with Gasteiger partial charge in [-0.3, -0.25) is 4.90 Å². The van der Waals surface area contributed by atoms with Crippen molar-refractivity contribution in [3.63, 3.8) is 0 Å². The lowest BCUT2D eigenvalue weighted by molar-refractivity contribution is 0.0524. The molecule has 0 N–H and O–H groups in total. The lowest BCUT2D eigenvalue weighted by atomic mass is 10.2. The molecule has 3 heterocycles. The van der Waals surface area contributed by atoms with Gasteiger partial charge in [0.1, 0.15) is 11.6 Å². The molecule has 2 aromatic rings. The summed E-state index contributed by atoms with van der Waals surface area (Å²) >= 11 is 0. The third-order valence-corrected chi connectivity index (χ3v) is 4.38. The first kappa shape index (κ1) is 18.9. The number of carbonyl (C=O) groups is 2. The molecule has 0 spiro atoms. The Bertz CT molecular complexity index is 779. The number of ether oxygens (including phenoxy) is 2. The number of hydrogen-bond acceptors (Lipinski definition) is 8. The first-order valence-corrected chi connectivity index (χ1v) is 8.88. The topological polar surface area (TPSA) is 85.1 Å². The molecule has 0 aromatic carbocycles. The van der Waals surface area contributed by atoms with Crippen molar-refractivity contribution in [2.24, 2.45) is 0 Å². The highest BCUT2D eigenvalue weighted by Crippen LogP contribution is 2.17. The Balaban J connectivity index is 1.52. The lowest BCUT2D eigenvalue weighted by Crippen LogP contribution is -2.46. The minimum Gasteiger partial charge on any atom is -0.463 e. The number of carbonyl (C=O) groups excluding carboxylic acids is 2. The van der Waals surface area contributed by atoms with E-state index in [2.05, 4.69) is 19.5 Å².